The van der Waals surface area contributed by atoms with E-state index in [1.165, 1.54) is 16.0 Å². The highest BCUT2D eigenvalue weighted by molar-refractivity contribution is 7.12. The van der Waals surface area contributed by atoms with E-state index in [1.807, 2.05) is 79.0 Å². The van der Waals surface area contributed by atoms with Gasteiger partial charge in [0.1, 0.15) is 0 Å². The summed E-state index contributed by atoms with van der Waals surface area (Å²) in [6.45, 7) is 1.87. The molecule has 0 atom stereocenters. The molecule has 0 spiro atoms. The van der Waals surface area contributed by atoms with E-state index in [0.29, 0.717) is 21.5 Å². The normalized spacial score (nSPS) is 11.3. The van der Waals surface area contributed by atoms with E-state index in [9.17, 15) is 4.79 Å². The van der Waals surface area contributed by atoms with Crippen LogP contribution in [0.5, 0.6) is 0 Å². The third-order valence-electron chi connectivity index (χ3n) is 5.18. The molecule has 0 unspecified atom stereocenters. The number of hydrogen-bond acceptors (Lipinski definition) is 5. The molecule has 0 aliphatic carbocycles. The van der Waals surface area contributed by atoms with Gasteiger partial charge >= 0.3 is 5.56 Å². The Morgan fingerprint density at radius 3 is 2.33 bits per heavy atom. The van der Waals surface area contributed by atoms with Gasteiger partial charge in [-0.25, -0.2) is 4.98 Å². The van der Waals surface area contributed by atoms with E-state index in [-0.39, 0.29) is 11.2 Å². The van der Waals surface area contributed by atoms with Gasteiger partial charge in [0.05, 0.1) is 17.1 Å². The van der Waals surface area contributed by atoms with E-state index in [2.05, 4.69) is 20.3 Å². The Morgan fingerprint density at radius 1 is 0.909 bits per heavy atom. The number of thiazole rings is 1. The Morgan fingerprint density at radius 2 is 1.61 bits per heavy atom. The van der Waals surface area contributed by atoms with Crippen molar-refractivity contribution < 1.29 is 0 Å². The average molecular weight is 472 g/mol. The number of rotatable bonds is 5. The van der Waals surface area contributed by atoms with E-state index < -0.39 is 0 Å². The van der Waals surface area contributed by atoms with E-state index in [4.69, 9.17) is 11.6 Å². The molecule has 0 amide bonds. The highest BCUT2D eigenvalue weighted by Crippen LogP contribution is 2.31. The Kier molecular flexibility index (Phi) is 5.73. The number of nitrogens with zero attached hydrogens (tertiary/aromatic N) is 4. The van der Waals surface area contributed by atoms with E-state index >= 15 is 0 Å². The van der Waals surface area contributed by atoms with Crippen LogP contribution in [-0.4, -0.2) is 14.8 Å². The molecule has 0 bridgehead atoms. The number of nitrogens with one attached hydrogen (secondary N) is 1. The fourth-order valence-electron chi connectivity index (χ4n) is 3.38. The SMILES string of the molecule is Cc1c(Cl)cccc1N=Nc1c(-c2ccccc2)[nH]n(-c2nc(-c3ccccc3)cs2)c1=O. The van der Waals surface area contributed by atoms with Gasteiger partial charge in [0.2, 0.25) is 5.13 Å². The monoisotopic (exact) mass is 471 g/mol. The van der Waals surface area contributed by atoms with Crippen molar-refractivity contribution >= 4 is 34.3 Å². The van der Waals surface area contributed by atoms with Crippen LogP contribution in [0.1, 0.15) is 5.56 Å². The molecule has 0 aliphatic heterocycles. The summed E-state index contributed by atoms with van der Waals surface area (Å²) in [5, 5.41) is 14.9. The van der Waals surface area contributed by atoms with Gasteiger partial charge in [-0.15, -0.1) is 21.6 Å². The minimum Gasteiger partial charge on any atom is -0.286 e. The average Bonchev–Trinajstić information content (AvgIpc) is 3.46. The predicted octanol–water partition coefficient (Wildman–Crippen LogP) is 7.33. The summed E-state index contributed by atoms with van der Waals surface area (Å²) in [6.07, 6.45) is 0. The lowest BCUT2D eigenvalue weighted by Crippen LogP contribution is -2.13. The van der Waals surface area contributed by atoms with Gasteiger partial charge < -0.3 is 0 Å². The van der Waals surface area contributed by atoms with Crippen LogP contribution in [0.15, 0.2) is 99.3 Å². The third-order valence-corrected chi connectivity index (χ3v) is 6.41. The minimum atomic E-state index is -0.328. The Balaban J connectivity index is 1.62. The van der Waals surface area contributed by atoms with Crippen molar-refractivity contribution in [3.8, 4) is 27.6 Å². The van der Waals surface area contributed by atoms with Gasteiger partial charge in [-0.1, -0.05) is 78.3 Å². The van der Waals surface area contributed by atoms with Crippen molar-refractivity contribution in [2.45, 2.75) is 6.92 Å². The lowest BCUT2D eigenvalue weighted by atomic mass is 10.1. The summed E-state index contributed by atoms with van der Waals surface area (Å²) in [5.41, 5.74) is 4.46. The first-order valence-corrected chi connectivity index (χ1v) is 11.5. The molecular formula is C25H18ClN5OS. The van der Waals surface area contributed by atoms with Crippen LogP contribution in [0.25, 0.3) is 27.6 Å². The molecule has 0 saturated carbocycles. The minimum absolute atomic E-state index is 0.206. The van der Waals surface area contributed by atoms with Crippen LogP contribution in [0.2, 0.25) is 5.02 Å². The molecular weight excluding hydrogens is 454 g/mol. The Hall–Kier alpha value is -3.81. The summed E-state index contributed by atoms with van der Waals surface area (Å²) < 4.78 is 1.42. The van der Waals surface area contributed by atoms with Gasteiger partial charge in [0.15, 0.2) is 5.69 Å². The molecule has 0 fully saturated rings. The van der Waals surface area contributed by atoms with Crippen molar-refractivity contribution in [2.75, 3.05) is 0 Å². The van der Waals surface area contributed by atoms with Crippen LogP contribution in [0.4, 0.5) is 11.4 Å². The highest BCUT2D eigenvalue weighted by Gasteiger charge is 2.19. The molecule has 5 aromatic rings. The van der Waals surface area contributed by atoms with Gasteiger partial charge in [-0.05, 0) is 24.6 Å². The maximum Gasteiger partial charge on any atom is 0.301 e. The topological polar surface area (TPSA) is 75.4 Å². The van der Waals surface area contributed by atoms with Gasteiger partial charge in [0.25, 0.3) is 0 Å². The summed E-state index contributed by atoms with van der Waals surface area (Å²) in [6, 6.07) is 24.8. The van der Waals surface area contributed by atoms with Crippen LogP contribution in [0.3, 0.4) is 0 Å². The molecule has 2 heterocycles. The maximum atomic E-state index is 13.4. The summed E-state index contributed by atoms with van der Waals surface area (Å²) in [7, 11) is 0. The van der Waals surface area contributed by atoms with Gasteiger partial charge in [-0.2, -0.15) is 4.68 Å². The number of aromatic nitrogens is 3. The number of halogens is 1. The smallest absolute Gasteiger partial charge is 0.286 e. The second kappa shape index (κ2) is 8.97. The molecule has 6 nitrogen and oxygen atoms in total. The van der Waals surface area contributed by atoms with Crippen molar-refractivity contribution in [1.29, 1.82) is 0 Å². The highest BCUT2D eigenvalue weighted by atomic mass is 35.5. The van der Waals surface area contributed by atoms with Crippen LogP contribution in [0, 0.1) is 6.92 Å². The van der Waals surface area contributed by atoms with Crippen LogP contribution in [-0.2, 0) is 0 Å². The predicted molar refractivity (Wildman–Crippen MR) is 133 cm³/mol. The first-order chi connectivity index (χ1) is 16.1. The molecule has 8 heteroatoms. The van der Waals surface area contributed by atoms with Crippen LogP contribution >= 0.6 is 22.9 Å². The zero-order valence-corrected chi connectivity index (χ0v) is 19.1. The summed E-state index contributed by atoms with van der Waals surface area (Å²) >= 11 is 7.59. The van der Waals surface area contributed by atoms with E-state index in [1.54, 1.807) is 12.1 Å². The van der Waals surface area contributed by atoms with Gasteiger partial charge in [-0.3, -0.25) is 9.89 Å². The number of H-pyrrole nitrogens is 1. The zero-order chi connectivity index (χ0) is 22.8. The number of aromatic amines is 1. The fourth-order valence-corrected chi connectivity index (χ4v) is 4.34. The molecule has 0 aliphatic rings. The molecule has 162 valence electrons. The molecule has 0 radical (unpaired) electrons. The summed E-state index contributed by atoms with van der Waals surface area (Å²) in [4.78, 5) is 18.1. The van der Waals surface area contributed by atoms with Gasteiger partial charge in [0, 0.05) is 21.5 Å². The zero-order valence-electron chi connectivity index (χ0n) is 17.6. The number of azo groups is 1. The third kappa shape index (κ3) is 4.16. The van der Waals surface area contributed by atoms with Crippen molar-refractivity contribution in [3.05, 3.63) is 105 Å². The fraction of sp³-hybridized carbons (Fsp3) is 0.0400. The first kappa shape index (κ1) is 21.1. The molecule has 1 N–H and O–H groups in total. The molecule has 3 aromatic carbocycles. The quantitative estimate of drug-likeness (QED) is 0.272. The second-order valence-corrected chi connectivity index (χ2v) is 8.55. The number of hydrogen-bond donors (Lipinski definition) is 1. The standard InChI is InChI=1S/C25H18ClN5OS/c1-16-19(26)13-8-14-20(16)28-29-23-22(18-11-6-3-7-12-18)30-31(24(23)32)25-27-21(15-33-25)17-9-4-2-5-10-17/h2-15,30H,1H3. The molecule has 5 rings (SSSR count). The van der Waals surface area contributed by atoms with Crippen LogP contribution < -0.4 is 5.56 Å². The second-order valence-electron chi connectivity index (χ2n) is 7.31. The lowest BCUT2D eigenvalue weighted by molar-refractivity contribution is 0.843. The van der Waals surface area contributed by atoms with E-state index in [0.717, 1.165) is 22.4 Å². The Labute approximate surface area is 198 Å². The molecule has 2 aromatic heterocycles. The largest absolute Gasteiger partial charge is 0.301 e. The number of benzene rings is 3. The maximum absolute atomic E-state index is 13.4. The Bertz CT molecular complexity index is 1500. The lowest BCUT2D eigenvalue weighted by Gasteiger charge is -2.01. The van der Waals surface area contributed by atoms with Crippen molar-refractivity contribution in [1.82, 2.24) is 14.8 Å². The first-order valence-electron chi connectivity index (χ1n) is 10.2. The van der Waals surface area contributed by atoms with Crippen molar-refractivity contribution in [2.24, 2.45) is 10.2 Å². The van der Waals surface area contributed by atoms with Crippen molar-refractivity contribution in [3.63, 3.8) is 0 Å². The molecule has 0 saturated heterocycles. The summed E-state index contributed by atoms with van der Waals surface area (Å²) in [5.74, 6) is 0. The molecule has 33 heavy (non-hydrogen) atoms.